The Kier molecular flexibility index (Phi) is 4.99. The van der Waals surface area contributed by atoms with E-state index in [-0.39, 0.29) is 11.6 Å². The number of piperazine rings is 1. The summed E-state index contributed by atoms with van der Waals surface area (Å²) in [6, 6.07) is 6.07. The van der Waals surface area contributed by atoms with Crippen molar-refractivity contribution in [2.24, 2.45) is 0 Å². The predicted octanol–water partition coefficient (Wildman–Crippen LogP) is 0.236. The smallest absolute Gasteiger partial charge is 0.274 e. The van der Waals surface area contributed by atoms with Gasteiger partial charge in [-0.2, -0.15) is 0 Å². The van der Waals surface area contributed by atoms with Crippen LogP contribution in [0, 0.1) is 13.8 Å². The Balaban J connectivity index is 1.62. The van der Waals surface area contributed by atoms with E-state index in [0.717, 1.165) is 43.3 Å². The molecule has 6 heteroatoms. The second-order valence-corrected chi connectivity index (χ2v) is 6.77. The molecule has 0 amide bonds. The fourth-order valence-corrected chi connectivity index (χ4v) is 3.69. The standard InChI is InChI=1S/C19H24N4O2/c1-13-18(15(3)24)14(2)21-19(13)16(25)12-22-8-10-23(11-9-22)17-6-4-5-7-20-17/h4-7,21H,8-12H2,1-3H3/p+2. The second-order valence-electron chi connectivity index (χ2n) is 6.77. The highest BCUT2D eigenvalue weighted by molar-refractivity contribution is 6.03. The molecule has 3 rings (SSSR count). The number of nitrogens with zero attached hydrogens (tertiary/aromatic N) is 1. The van der Waals surface area contributed by atoms with Gasteiger partial charge in [0.2, 0.25) is 5.78 Å². The third-order valence-electron chi connectivity index (χ3n) is 4.98. The summed E-state index contributed by atoms with van der Waals surface area (Å²) in [7, 11) is 0. The summed E-state index contributed by atoms with van der Waals surface area (Å²) in [6.45, 7) is 9.40. The van der Waals surface area contributed by atoms with Crippen LogP contribution in [0.4, 0.5) is 5.82 Å². The van der Waals surface area contributed by atoms with Crippen molar-refractivity contribution in [3.05, 3.63) is 46.9 Å². The fourth-order valence-electron chi connectivity index (χ4n) is 3.69. The van der Waals surface area contributed by atoms with E-state index in [1.165, 1.54) is 4.90 Å². The van der Waals surface area contributed by atoms with Gasteiger partial charge >= 0.3 is 0 Å². The van der Waals surface area contributed by atoms with Crippen molar-refractivity contribution in [3.63, 3.8) is 0 Å². The zero-order valence-electron chi connectivity index (χ0n) is 15.1. The maximum atomic E-state index is 12.7. The minimum Gasteiger partial charge on any atom is -0.355 e. The maximum Gasteiger partial charge on any atom is 0.274 e. The Morgan fingerprint density at radius 1 is 1.24 bits per heavy atom. The molecule has 0 bridgehead atoms. The van der Waals surface area contributed by atoms with Gasteiger partial charge in [0.05, 0.1) is 11.9 Å². The first-order valence-corrected chi connectivity index (χ1v) is 8.76. The number of hydrogen-bond acceptors (Lipinski definition) is 3. The Morgan fingerprint density at radius 3 is 2.52 bits per heavy atom. The van der Waals surface area contributed by atoms with Crippen LogP contribution in [0.15, 0.2) is 24.4 Å². The van der Waals surface area contributed by atoms with Crippen LogP contribution in [0.3, 0.4) is 0 Å². The molecule has 0 atom stereocenters. The molecule has 1 fully saturated rings. The number of nitrogens with one attached hydrogen (secondary N) is 3. The van der Waals surface area contributed by atoms with E-state index in [0.29, 0.717) is 17.8 Å². The lowest BCUT2D eigenvalue weighted by atomic mass is 10.1. The molecule has 6 nitrogen and oxygen atoms in total. The van der Waals surface area contributed by atoms with Crippen molar-refractivity contribution in [3.8, 4) is 0 Å². The Bertz CT molecular complexity index is 774. The highest BCUT2D eigenvalue weighted by atomic mass is 16.1. The number of aromatic amines is 2. The average molecular weight is 342 g/mol. The molecule has 0 radical (unpaired) electrons. The van der Waals surface area contributed by atoms with E-state index in [1.807, 2.05) is 32.2 Å². The number of ketones is 2. The molecule has 1 saturated heterocycles. The van der Waals surface area contributed by atoms with Gasteiger partial charge in [-0.1, -0.05) is 6.07 Å². The number of quaternary nitrogens is 1. The fraction of sp³-hybridized carbons (Fsp3) is 0.421. The van der Waals surface area contributed by atoms with Crippen LogP contribution in [0.25, 0.3) is 0 Å². The van der Waals surface area contributed by atoms with Crippen LogP contribution in [-0.4, -0.2) is 49.3 Å². The first-order chi connectivity index (χ1) is 12.0. The Hall–Kier alpha value is -2.47. The minimum absolute atomic E-state index is 0.00497. The van der Waals surface area contributed by atoms with Gasteiger partial charge in [0.15, 0.2) is 5.78 Å². The number of aromatic nitrogens is 2. The molecule has 25 heavy (non-hydrogen) atoms. The first-order valence-electron chi connectivity index (χ1n) is 8.76. The van der Waals surface area contributed by atoms with Crippen LogP contribution in [-0.2, 0) is 0 Å². The average Bonchev–Trinajstić information content (AvgIpc) is 2.91. The SMILES string of the molecule is CC(=O)c1c(C)[nH]c(C(=O)C[NH+]2CCN(c3cccc[nH+]3)CC2)c1C. The van der Waals surface area contributed by atoms with E-state index in [9.17, 15) is 9.59 Å². The normalized spacial score (nSPS) is 15.4. The number of anilines is 1. The van der Waals surface area contributed by atoms with E-state index in [4.69, 9.17) is 0 Å². The van der Waals surface area contributed by atoms with Crippen molar-refractivity contribution in [2.75, 3.05) is 37.6 Å². The lowest BCUT2D eigenvalue weighted by molar-refractivity contribution is -0.892. The molecular formula is C19H26N4O2+2. The van der Waals surface area contributed by atoms with Crippen LogP contribution < -0.4 is 14.8 Å². The molecule has 3 heterocycles. The molecule has 3 N–H and O–H groups in total. The molecule has 2 aromatic heterocycles. The van der Waals surface area contributed by atoms with E-state index >= 15 is 0 Å². The highest BCUT2D eigenvalue weighted by Crippen LogP contribution is 2.18. The van der Waals surface area contributed by atoms with Gasteiger partial charge in [0.1, 0.15) is 32.7 Å². The van der Waals surface area contributed by atoms with E-state index < -0.39 is 0 Å². The lowest BCUT2D eigenvalue weighted by Gasteiger charge is -2.27. The number of H-pyrrole nitrogens is 2. The molecule has 0 unspecified atom stereocenters. The molecule has 132 valence electrons. The Labute approximate surface area is 147 Å². The van der Waals surface area contributed by atoms with Gasteiger partial charge < -0.3 is 9.88 Å². The number of carbonyl (C=O) groups is 2. The molecule has 2 aromatic rings. The summed E-state index contributed by atoms with van der Waals surface area (Å²) < 4.78 is 0. The van der Waals surface area contributed by atoms with Gasteiger partial charge in [0.25, 0.3) is 5.82 Å². The molecule has 0 saturated carbocycles. The van der Waals surface area contributed by atoms with Crippen molar-refractivity contribution >= 4 is 17.4 Å². The minimum atomic E-state index is 0.00497. The van der Waals surface area contributed by atoms with Crippen molar-refractivity contribution in [2.45, 2.75) is 20.8 Å². The maximum absolute atomic E-state index is 12.7. The molecular weight excluding hydrogens is 316 g/mol. The zero-order chi connectivity index (χ0) is 18.0. The molecule has 1 aliphatic rings. The monoisotopic (exact) mass is 342 g/mol. The summed E-state index contributed by atoms with van der Waals surface area (Å²) in [4.78, 5) is 34.4. The quantitative estimate of drug-likeness (QED) is 0.765. The summed E-state index contributed by atoms with van der Waals surface area (Å²) in [5.74, 6) is 1.21. The summed E-state index contributed by atoms with van der Waals surface area (Å²) in [5, 5.41) is 0. The van der Waals surface area contributed by atoms with Crippen LogP contribution in [0.1, 0.15) is 39.0 Å². The summed E-state index contributed by atoms with van der Waals surface area (Å²) in [5.41, 5.74) is 2.82. The largest absolute Gasteiger partial charge is 0.355 e. The van der Waals surface area contributed by atoms with Gasteiger partial charge in [-0.05, 0) is 32.4 Å². The number of rotatable bonds is 5. The van der Waals surface area contributed by atoms with Crippen LogP contribution >= 0.6 is 0 Å². The van der Waals surface area contributed by atoms with Crippen molar-refractivity contribution in [1.29, 1.82) is 0 Å². The summed E-state index contributed by atoms with van der Waals surface area (Å²) in [6.07, 6.45) is 1.93. The molecule has 0 aliphatic carbocycles. The predicted molar refractivity (Wildman–Crippen MR) is 95.4 cm³/mol. The van der Waals surface area contributed by atoms with Crippen LogP contribution in [0.2, 0.25) is 0 Å². The number of hydrogen-bond donors (Lipinski definition) is 2. The molecule has 0 aromatic carbocycles. The number of aryl methyl sites for hydroxylation is 1. The first kappa shape index (κ1) is 17.4. The van der Waals surface area contributed by atoms with E-state index in [1.54, 1.807) is 6.92 Å². The zero-order valence-corrected chi connectivity index (χ0v) is 15.1. The summed E-state index contributed by atoms with van der Waals surface area (Å²) >= 11 is 0. The van der Waals surface area contributed by atoms with Gasteiger partial charge in [0, 0.05) is 17.3 Å². The topological polar surface area (TPSA) is 71.8 Å². The van der Waals surface area contributed by atoms with Gasteiger partial charge in [-0.3, -0.25) is 14.5 Å². The number of carbonyl (C=O) groups excluding carboxylic acids is 2. The number of pyridine rings is 1. The van der Waals surface area contributed by atoms with E-state index in [2.05, 4.69) is 20.9 Å². The third-order valence-corrected chi connectivity index (χ3v) is 4.98. The lowest BCUT2D eigenvalue weighted by Crippen LogP contribution is -3.15. The van der Waals surface area contributed by atoms with Crippen molar-refractivity contribution < 1.29 is 19.5 Å². The molecule has 0 spiro atoms. The van der Waals surface area contributed by atoms with Gasteiger partial charge in [-0.25, -0.2) is 4.98 Å². The Morgan fingerprint density at radius 2 is 1.96 bits per heavy atom. The number of Topliss-reactive ketones (excluding diaryl/α,β-unsaturated/α-hetero) is 2. The highest BCUT2D eigenvalue weighted by Gasteiger charge is 2.29. The third kappa shape index (κ3) is 3.64. The second kappa shape index (κ2) is 7.19. The van der Waals surface area contributed by atoms with Crippen LogP contribution in [0.5, 0.6) is 0 Å². The molecule has 1 aliphatic heterocycles. The van der Waals surface area contributed by atoms with Gasteiger partial charge in [-0.15, -0.1) is 0 Å². The van der Waals surface area contributed by atoms with Crippen molar-refractivity contribution in [1.82, 2.24) is 4.98 Å².